The van der Waals surface area contributed by atoms with E-state index < -0.39 is 4.92 Å². The zero-order valence-corrected chi connectivity index (χ0v) is 13.3. The van der Waals surface area contributed by atoms with E-state index in [4.69, 9.17) is 4.74 Å². The van der Waals surface area contributed by atoms with Crippen LogP contribution in [0.4, 0.5) is 5.69 Å². The van der Waals surface area contributed by atoms with Crippen molar-refractivity contribution < 1.29 is 9.66 Å². The third-order valence-corrected chi connectivity index (χ3v) is 5.32. The molecule has 0 aliphatic carbocycles. The number of ether oxygens (including phenoxy) is 1. The molecule has 5 nitrogen and oxygen atoms in total. The maximum Gasteiger partial charge on any atom is 0.269 e. The fourth-order valence-corrected chi connectivity index (χ4v) is 3.98. The number of nitro groups is 1. The Labute approximate surface area is 135 Å². The molecule has 0 aliphatic rings. The summed E-state index contributed by atoms with van der Waals surface area (Å²) in [7, 11) is 1.65. The van der Waals surface area contributed by atoms with Gasteiger partial charge in [-0.05, 0) is 23.8 Å². The molecule has 7 heteroatoms. The Morgan fingerprint density at radius 1 is 1.27 bits per heavy atom. The summed E-state index contributed by atoms with van der Waals surface area (Å²) in [5, 5.41) is 10.6. The Hall–Kier alpha value is -2.12. The summed E-state index contributed by atoms with van der Waals surface area (Å²) in [6.45, 7) is 0. The van der Waals surface area contributed by atoms with Crippen LogP contribution in [-0.2, 0) is 5.75 Å². The quantitative estimate of drug-likeness (QED) is 0.391. The second-order valence-corrected chi connectivity index (χ2v) is 6.78. The van der Waals surface area contributed by atoms with Crippen molar-refractivity contribution in [3.8, 4) is 5.75 Å². The molecule has 0 saturated carbocycles. The first kappa shape index (κ1) is 14.8. The highest BCUT2D eigenvalue weighted by molar-refractivity contribution is 8.00. The lowest BCUT2D eigenvalue weighted by Crippen LogP contribution is -1.88. The van der Waals surface area contributed by atoms with Crippen LogP contribution in [0.5, 0.6) is 5.75 Å². The smallest absolute Gasteiger partial charge is 0.269 e. The predicted octanol–water partition coefficient (Wildman–Crippen LogP) is 4.51. The van der Waals surface area contributed by atoms with Gasteiger partial charge in [-0.25, -0.2) is 4.98 Å². The average molecular weight is 332 g/mol. The van der Waals surface area contributed by atoms with Crippen LogP contribution < -0.4 is 4.74 Å². The largest absolute Gasteiger partial charge is 0.497 e. The van der Waals surface area contributed by atoms with Crippen molar-refractivity contribution in [3.05, 3.63) is 58.1 Å². The molecule has 0 aliphatic heterocycles. The first-order valence-electron chi connectivity index (χ1n) is 6.46. The van der Waals surface area contributed by atoms with Gasteiger partial charge >= 0.3 is 0 Å². The Morgan fingerprint density at radius 3 is 2.73 bits per heavy atom. The lowest BCUT2D eigenvalue weighted by Gasteiger charge is -1.98. The minimum atomic E-state index is -0.391. The highest BCUT2D eigenvalue weighted by atomic mass is 32.2. The van der Waals surface area contributed by atoms with Crippen molar-refractivity contribution in [2.45, 2.75) is 10.1 Å². The van der Waals surface area contributed by atoms with Crippen LogP contribution >= 0.6 is 23.1 Å². The molecule has 0 amide bonds. The molecule has 0 atom stereocenters. The molecule has 112 valence electrons. The summed E-state index contributed by atoms with van der Waals surface area (Å²) in [4.78, 5) is 14.8. The van der Waals surface area contributed by atoms with Crippen LogP contribution in [0.3, 0.4) is 0 Å². The number of nitro benzene ring substituents is 1. The van der Waals surface area contributed by atoms with E-state index in [9.17, 15) is 10.1 Å². The highest BCUT2D eigenvalue weighted by Crippen LogP contribution is 2.33. The van der Waals surface area contributed by atoms with Gasteiger partial charge in [-0.2, -0.15) is 0 Å². The van der Waals surface area contributed by atoms with Crippen LogP contribution in [0.2, 0.25) is 0 Å². The molecule has 0 bridgehead atoms. The number of methoxy groups -OCH3 is 1. The van der Waals surface area contributed by atoms with Crippen molar-refractivity contribution in [2.75, 3.05) is 7.11 Å². The van der Waals surface area contributed by atoms with E-state index in [0.29, 0.717) is 0 Å². The lowest BCUT2D eigenvalue weighted by atomic mass is 10.2. The summed E-state index contributed by atoms with van der Waals surface area (Å²) in [6, 6.07) is 12.4. The first-order valence-corrected chi connectivity index (χ1v) is 8.26. The molecule has 0 spiro atoms. The number of thiazole rings is 1. The van der Waals surface area contributed by atoms with Gasteiger partial charge in [0, 0.05) is 17.9 Å². The molecule has 22 heavy (non-hydrogen) atoms. The molecule has 1 aromatic heterocycles. The van der Waals surface area contributed by atoms with Gasteiger partial charge in [0.15, 0.2) is 4.34 Å². The van der Waals surface area contributed by atoms with Crippen molar-refractivity contribution in [1.82, 2.24) is 4.98 Å². The van der Waals surface area contributed by atoms with Crippen molar-refractivity contribution in [2.24, 2.45) is 0 Å². The zero-order chi connectivity index (χ0) is 15.5. The molecule has 0 unspecified atom stereocenters. The summed E-state index contributed by atoms with van der Waals surface area (Å²) in [6.07, 6.45) is 0. The summed E-state index contributed by atoms with van der Waals surface area (Å²) < 4.78 is 7.27. The summed E-state index contributed by atoms with van der Waals surface area (Å²) >= 11 is 3.24. The fourth-order valence-electron chi connectivity index (χ4n) is 1.93. The number of fused-ring (bicyclic) bond motifs is 1. The molecular formula is C15H12N2O3S2. The molecule has 0 N–H and O–H groups in total. The monoisotopic (exact) mass is 332 g/mol. The van der Waals surface area contributed by atoms with Gasteiger partial charge in [0.1, 0.15) is 5.75 Å². The van der Waals surface area contributed by atoms with Crippen LogP contribution in [0.15, 0.2) is 46.8 Å². The van der Waals surface area contributed by atoms with E-state index >= 15 is 0 Å². The zero-order valence-electron chi connectivity index (χ0n) is 11.7. The summed E-state index contributed by atoms with van der Waals surface area (Å²) in [5.41, 5.74) is 2.10. The molecule has 0 radical (unpaired) electrons. The molecule has 0 fully saturated rings. The second kappa shape index (κ2) is 6.33. The molecule has 2 aromatic carbocycles. The van der Waals surface area contributed by atoms with Crippen molar-refractivity contribution >= 4 is 39.0 Å². The fraction of sp³-hybridized carbons (Fsp3) is 0.133. The van der Waals surface area contributed by atoms with Gasteiger partial charge in [0.05, 0.1) is 22.2 Å². The number of non-ortho nitro benzene ring substituents is 1. The number of hydrogen-bond donors (Lipinski definition) is 0. The number of thioether (sulfide) groups is 1. The standard InChI is InChI=1S/C15H12N2O3S2/c1-20-12-6-7-13-14(8-12)22-15(16-13)21-9-10-2-4-11(5-3-10)17(18)19/h2-8H,9H2,1H3. The van der Waals surface area contributed by atoms with Gasteiger partial charge in [-0.1, -0.05) is 23.9 Å². The number of aromatic nitrogens is 1. The molecular weight excluding hydrogens is 320 g/mol. The molecule has 1 heterocycles. The third kappa shape index (κ3) is 3.20. The van der Waals surface area contributed by atoms with E-state index in [2.05, 4.69) is 4.98 Å². The summed E-state index contributed by atoms with van der Waals surface area (Å²) in [5.74, 6) is 1.55. The number of benzene rings is 2. The average Bonchev–Trinajstić information content (AvgIpc) is 2.95. The third-order valence-electron chi connectivity index (χ3n) is 3.09. The van der Waals surface area contributed by atoms with E-state index in [1.54, 1.807) is 42.3 Å². The normalized spacial score (nSPS) is 10.8. The molecule has 3 aromatic rings. The van der Waals surface area contributed by atoms with Gasteiger partial charge in [-0.3, -0.25) is 10.1 Å². The van der Waals surface area contributed by atoms with E-state index in [0.717, 1.165) is 31.6 Å². The number of nitrogens with zero attached hydrogens (tertiary/aromatic N) is 2. The topological polar surface area (TPSA) is 65.3 Å². The Kier molecular flexibility index (Phi) is 4.26. The van der Waals surface area contributed by atoms with Crippen LogP contribution in [0.1, 0.15) is 5.56 Å². The van der Waals surface area contributed by atoms with Gasteiger partial charge in [0.2, 0.25) is 0 Å². The van der Waals surface area contributed by atoms with Crippen LogP contribution in [-0.4, -0.2) is 17.0 Å². The van der Waals surface area contributed by atoms with Gasteiger partial charge in [-0.15, -0.1) is 11.3 Å². The van der Waals surface area contributed by atoms with Gasteiger partial charge < -0.3 is 4.74 Å². The minimum absolute atomic E-state index is 0.112. The molecule has 3 rings (SSSR count). The maximum absolute atomic E-state index is 10.6. The Balaban J connectivity index is 1.71. The van der Waals surface area contributed by atoms with Crippen LogP contribution in [0.25, 0.3) is 10.2 Å². The second-order valence-electron chi connectivity index (χ2n) is 4.53. The minimum Gasteiger partial charge on any atom is -0.497 e. The van der Waals surface area contributed by atoms with Gasteiger partial charge in [0.25, 0.3) is 5.69 Å². The van der Waals surface area contributed by atoms with E-state index in [-0.39, 0.29) is 5.69 Å². The van der Waals surface area contributed by atoms with E-state index in [1.165, 1.54) is 12.1 Å². The SMILES string of the molecule is COc1ccc2nc(SCc3ccc([N+](=O)[O-])cc3)sc2c1. The maximum atomic E-state index is 10.6. The number of rotatable bonds is 5. The molecule has 0 saturated heterocycles. The van der Waals surface area contributed by atoms with Crippen molar-refractivity contribution in [3.63, 3.8) is 0 Å². The number of hydrogen-bond acceptors (Lipinski definition) is 6. The Morgan fingerprint density at radius 2 is 2.05 bits per heavy atom. The predicted molar refractivity (Wildman–Crippen MR) is 88.8 cm³/mol. The lowest BCUT2D eigenvalue weighted by molar-refractivity contribution is -0.384. The first-order chi connectivity index (χ1) is 10.7. The van der Waals surface area contributed by atoms with E-state index in [1.807, 2.05) is 18.2 Å². The van der Waals surface area contributed by atoms with Crippen molar-refractivity contribution in [1.29, 1.82) is 0 Å². The van der Waals surface area contributed by atoms with Crippen LogP contribution in [0, 0.1) is 10.1 Å². The highest BCUT2D eigenvalue weighted by Gasteiger charge is 2.07. The Bertz CT molecular complexity index is 815.